The van der Waals surface area contributed by atoms with E-state index in [0.29, 0.717) is 22.7 Å². The molecule has 0 amide bonds. The molecule has 0 spiro atoms. The molecule has 0 saturated carbocycles. The second-order valence-electron chi connectivity index (χ2n) is 4.45. The number of rotatable bonds is 5. The number of nitrogens with one attached hydrogen (secondary N) is 1. The highest BCUT2D eigenvalue weighted by Crippen LogP contribution is 2.27. The minimum absolute atomic E-state index is 0.487. The summed E-state index contributed by atoms with van der Waals surface area (Å²) >= 11 is 6.06. The smallest absolute Gasteiger partial charge is 0.330 e. The Morgan fingerprint density at radius 3 is 2.80 bits per heavy atom. The third-order valence-corrected chi connectivity index (χ3v) is 3.33. The number of anilines is 1. The van der Waals surface area contributed by atoms with Crippen LogP contribution in [0.15, 0.2) is 30.5 Å². The van der Waals surface area contributed by atoms with Crippen LogP contribution in [0, 0.1) is 0 Å². The van der Waals surface area contributed by atoms with Gasteiger partial charge in [-0.1, -0.05) is 30.7 Å². The van der Waals surface area contributed by atoms with E-state index in [1.165, 1.54) is 0 Å². The second-order valence-corrected chi connectivity index (χ2v) is 4.86. The maximum absolute atomic E-state index is 11.6. The summed E-state index contributed by atoms with van der Waals surface area (Å²) in [6.45, 7) is 1.94. The highest BCUT2D eigenvalue weighted by Gasteiger charge is 2.25. The van der Waals surface area contributed by atoms with Gasteiger partial charge in [0.1, 0.15) is 0 Å². The van der Waals surface area contributed by atoms with Crippen LogP contribution in [0.2, 0.25) is 5.02 Å². The van der Waals surface area contributed by atoms with Crippen LogP contribution in [0.3, 0.4) is 0 Å². The molecule has 1 atom stereocenters. The molecule has 1 aromatic heterocycles. The van der Waals surface area contributed by atoms with Crippen molar-refractivity contribution in [1.29, 1.82) is 0 Å². The largest absolute Gasteiger partial charge is 0.479 e. The van der Waals surface area contributed by atoms with E-state index in [2.05, 4.69) is 10.4 Å². The van der Waals surface area contributed by atoms with Gasteiger partial charge in [-0.05, 0) is 18.6 Å². The van der Waals surface area contributed by atoms with Gasteiger partial charge in [0.25, 0.3) is 0 Å². The zero-order valence-electron chi connectivity index (χ0n) is 11.3. The number of halogens is 1. The average Bonchev–Trinajstić information content (AvgIpc) is 2.78. The van der Waals surface area contributed by atoms with Gasteiger partial charge in [0, 0.05) is 18.8 Å². The van der Waals surface area contributed by atoms with Gasteiger partial charge < -0.3 is 10.4 Å². The molecule has 106 valence electrons. The van der Waals surface area contributed by atoms with Gasteiger partial charge in [-0.3, -0.25) is 4.68 Å². The fourth-order valence-corrected chi connectivity index (χ4v) is 2.27. The average molecular weight is 294 g/mol. The molecule has 2 aromatic rings. The zero-order valence-corrected chi connectivity index (χ0v) is 12.1. The number of aryl methyl sites for hydroxylation is 2. The zero-order chi connectivity index (χ0) is 14.7. The molecule has 20 heavy (non-hydrogen) atoms. The van der Waals surface area contributed by atoms with Gasteiger partial charge in [-0.15, -0.1) is 0 Å². The minimum atomic E-state index is -0.965. The van der Waals surface area contributed by atoms with Crippen LogP contribution >= 0.6 is 11.6 Å². The van der Waals surface area contributed by atoms with E-state index in [1.807, 2.05) is 6.92 Å². The molecule has 0 aliphatic rings. The SMILES string of the molecule is CCc1nn(C)cc1C(Nc1ccccc1Cl)C(=O)O. The van der Waals surface area contributed by atoms with E-state index >= 15 is 0 Å². The highest BCUT2D eigenvalue weighted by atomic mass is 35.5. The fourth-order valence-electron chi connectivity index (χ4n) is 2.08. The Labute approximate surface area is 122 Å². The number of hydrogen-bond acceptors (Lipinski definition) is 3. The number of aromatic nitrogens is 2. The van der Waals surface area contributed by atoms with Crippen molar-refractivity contribution in [3.8, 4) is 0 Å². The lowest BCUT2D eigenvalue weighted by molar-refractivity contribution is -0.138. The molecule has 0 fully saturated rings. The van der Waals surface area contributed by atoms with Crippen molar-refractivity contribution >= 4 is 23.3 Å². The van der Waals surface area contributed by atoms with Crippen LogP contribution in [0.4, 0.5) is 5.69 Å². The lowest BCUT2D eigenvalue weighted by Crippen LogP contribution is -2.21. The molecule has 1 unspecified atom stereocenters. The number of aliphatic carboxylic acids is 1. The monoisotopic (exact) mass is 293 g/mol. The Morgan fingerprint density at radius 1 is 1.50 bits per heavy atom. The number of benzene rings is 1. The molecule has 0 bridgehead atoms. The summed E-state index contributed by atoms with van der Waals surface area (Å²) in [6, 6.07) is 6.19. The molecule has 2 rings (SSSR count). The van der Waals surface area contributed by atoms with Crippen molar-refractivity contribution in [2.24, 2.45) is 7.05 Å². The molecule has 0 aliphatic heterocycles. The molecule has 5 nitrogen and oxygen atoms in total. The Bertz CT molecular complexity index is 625. The Balaban J connectivity index is 2.37. The summed E-state index contributed by atoms with van der Waals surface area (Å²) in [6.07, 6.45) is 2.39. The predicted octanol–water partition coefficient (Wildman–Crippen LogP) is 2.87. The first kappa shape index (κ1) is 14.4. The predicted molar refractivity (Wildman–Crippen MR) is 78.0 cm³/mol. The number of carbonyl (C=O) groups is 1. The first-order valence-corrected chi connectivity index (χ1v) is 6.67. The van der Waals surface area contributed by atoms with Crippen LogP contribution in [0.5, 0.6) is 0 Å². The third-order valence-electron chi connectivity index (χ3n) is 3.00. The molecule has 0 radical (unpaired) electrons. The lowest BCUT2D eigenvalue weighted by Gasteiger charge is -2.16. The van der Waals surface area contributed by atoms with Crippen LogP contribution < -0.4 is 5.32 Å². The summed E-state index contributed by atoms with van der Waals surface area (Å²) in [5.41, 5.74) is 2.01. The number of hydrogen-bond donors (Lipinski definition) is 2. The Hall–Kier alpha value is -2.01. The van der Waals surface area contributed by atoms with Crippen LogP contribution in [0.1, 0.15) is 24.2 Å². The van der Waals surface area contributed by atoms with Gasteiger partial charge in [0.15, 0.2) is 6.04 Å². The van der Waals surface area contributed by atoms with E-state index < -0.39 is 12.0 Å². The van der Waals surface area contributed by atoms with Crippen molar-refractivity contribution < 1.29 is 9.90 Å². The molecule has 0 saturated heterocycles. The summed E-state index contributed by atoms with van der Waals surface area (Å²) in [5, 5.41) is 17.2. The van der Waals surface area contributed by atoms with Gasteiger partial charge in [-0.2, -0.15) is 5.10 Å². The molecular formula is C14H16ClN3O2. The van der Waals surface area contributed by atoms with Crippen molar-refractivity contribution in [2.45, 2.75) is 19.4 Å². The maximum atomic E-state index is 11.6. The Morgan fingerprint density at radius 2 is 2.20 bits per heavy atom. The Kier molecular flexibility index (Phi) is 4.29. The van der Waals surface area contributed by atoms with Crippen molar-refractivity contribution in [1.82, 2.24) is 9.78 Å². The highest BCUT2D eigenvalue weighted by molar-refractivity contribution is 6.33. The lowest BCUT2D eigenvalue weighted by atomic mass is 10.1. The van der Waals surface area contributed by atoms with Gasteiger partial charge in [-0.25, -0.2) is 4.79 Å². The van der Waals surface area contributed by atoms with E-state index in [9.17, 15) is 9.90 Å². The molecule has 6 heteroatoms. The van der Waals surface area contributed by atoms with Crippen LogP contribution in [0.25, 0.3) is 0 Å². The van der Waals surface area contributed by atoms with E-state index in [1.54, 1.807) is 42.2 Å². The minimum Gasteiger partial charge on any atom is -0.479 e. The molecule has 1 aromatic carbocycles. The number of para-hydroxylation sites is 1. The quantitative estimate of drug-likeness (QED) is 0.889. The van der Waals surface area contributed by atoms with Crippen molar-refractivity contribution in [2.75, 3.05) is 5.32 Å². The van der Waals surface area contributed by atoms with E-state index in [0.717, 1.165) is 5.69 Å². The van der Waals surface area contributed by atoms with Crippen molar-refractivity contribution in [3.05, 3.63) is 46.7 Å². The fraction of sp³-hybridized carbons (Fsp3) is 0.286. The molecular weight excluding hydrogens is 278 g/mol. The summed E-state index contributed by atoms with van der Waals surface area (Å²) < 4.78 is 1.62. The van der Waals surface area contributed by atoms with Crippen LogP contribution in [-0.4, -0.2) is 20.9 Å². The maximum Gasteiger partial charge on any atom is 0.330 e. The van der Waals surface area contributed by atoms with Gasteiger partial charge in [0.05, 0.1) is 16.4 Å². The topological polar surface area (TPSA) is 67.2 Å². The third kappa shape index (κ3) is 2.93. The number of carboxylic acid groups (broad SMARTS) is 1. The summed E-state index contributed by atoms with van der Waals surface area (Å²) in [4.78, 5) is 11.6. The molecule has 2 N–H and O–H groups in total. The first-order chi connectivity index (χ1) is 9.52. The summed E-state index contributed by atoms with van der Waals surface area (Å²) in [5.74, 6) is -0.965. The molecule has 1 heterocycles. The number of carboxylic acids is 1. The standard InChI is InChI=1S/C14H16ClN3O2/c1-3-11-9(8-18(2)17-11)13(14(19)20)16-12-7-5-4-6-10(12)15/h4-8,13,16H,3H2,1-2H3,(H,19,20). The first-order valence-electron chi connectivity index (χ1n) is 6.29. The number of nitrogens with zero attached hydrogens (tertiary/aromatic N) is 2. The molecule has 0 aliphatic carbocycles. The normalized spacial score (nSPS) is 12.2. The van der Waals surface area contributed by atoms with Gasteiger partial charge >= 0.3 is 5.97 Å². The summed E-state index contributed by atoms with van der Waals surface area (Å²) in [7, 11) is 1.77. The van der Waals surface area contributed by atoms with Crippen LogP contribution in [-0.2, 0) is 18.3 Å². The van der Waals surface area contributed by atoms with Gasteiger partial charge in [0.2, 0.25) is 0 Å². The second kappa shape index (κ2) is 5.96. The van der Waals surface area contributed by atoms with Crippen molar-refractivity contribution in [3.63, 3.8) is 0 Å². The van der Waals surface area contributed by atoms with E-state index in [4.69, 9.17) is 11.6 Å². The van der Waals surface area contributed by atoms with E-state index in [-0.39, 0.29) is 0 Å².